The number of thiophene rings is 1. The van der Waals surface area contributed by atoms with E-state index in [1.165, 1.54) is 28.6 Å². The number of aromatic nitrogens is 2. The summed E-state index contributed by atoms with van der Waals surface area (Å²) in [4.78, 5) is 14.9. The van der Waals surface area contributed by atoms with Crippen molar-refractivity contribution in [3.63, 3.8) is 0 Å². The smallest absolute Gasteiger partial charge is 0.277 e. The first-order valence-electron chi connectivity index (χ1n) is 10.8. The lowest BCUT2D eigenvalue weighted by molar-refractivity contribution is -0.119. The average Bonchev–Trinajstić information content (AvgIpc) is 3.44. The fourth-order valence-electron chi connectivity index (χ4n) is 4.00. The van der Waals surface area contributed by atoms with Gasteiger partial charge >= 0.3 is 0 Å². The first-order chi connectivity index (χ1) is 15.5. The van der Waals surface area contributed by atoms with Crippen molar-refractivity contribution in [3.8, 4) is 22.3 Å². The van der Waals surface area contributed by atoms with Crippen LogP contribution in [0.3, 0.4) is 0 Å². The van der Waals surface area contributed by atoms with Crippen molar-refractivity contribution in [3.05, 3.63) is 40.3 Å². The standard InChI is InChI=1S/C23H25N3O4S2/c1-13-3-6-19-16(9-13)11-20(32-19)22-25-26-23(30-22)31-12-21(27)24-14(2)15-4-5-17-18(10-15)29-8-7-28-17/h4-5,10-11,13-14H,3,6-9,12H2,1-2H3,(H,24,27)/t13-,14-/m1/s1. The summed E-state index contributed by atoms with van der Waals surface area (Å²) in [6, 6.07) is 7.76. The highest BCUT2D eigenvalue weighted by atomic mass is 32.2. The minimum atomic E-state index is -0.156. The number of ether oxygens (including phenoxy) is 2. The molecule has 0 fully saturated rings. The van der Waals surface area contributed by atoms with E-state index in [1.807, 2.05) is 25.1 Å². The third-order valence-electron chi connectivity index (χ3n) is 5.72. The zero-order chi connectivity index (χ0) is 22.1. The van der Waals surface area contributed by atoms with E-state index in [0.29, 0.717) is 30.1 Å². The topological polar surface area (TPSA) is 86.5 Å². The second-order valence-corrected chi connectivity index (χ2v) is 10.3. The monoisotopic (exact) mass is 471 g/mol. The minimum absolute atomic E-state index is 0.0993. The van der Waals surface area contributed by atoms with Gasteiger partial charge in [-0.15, -0.1) is 21.5 Å². The van der Waals surface area contributed by atoms with Crippen LogP contribution in [0.4, 0.5) is 0 Å². The van der Waals surface area contributed by atoms with Crippen LogP contribution in [-0.4, -0.2) is 35.1 Å². The molecule has 1 aliphatic carbocycles. The third-order valence-corrected chi connectivity index (χ3v) is 7.76. The summed E-state index contributed by atoms with van der Waals surface area (Å²) in [6.45, 7) is 5.33. The molecule has 0 radical (unpaired) electrons. The maximum Gasteiger partial charge on any atom is 0.277 e. The lowest BCUT2D eigenvalue weighted by Crippen LogP contribution is -2.28. The van der Waals surface area contributed by atoms with Gasteiger partial charge in [0.1, 0.15) is 13.2 Å². The first-order valence-corrected chi connectivity index (χ1v) is 12.6. The lowest BCUT2D eigenvalue weighted by Gasteiger charge is -2.21. The number of thioether (sulfide) groups is 1. The third kappa shape index (κ3) is 4.63. The molecule has 32 heavy (non-hydrogen) atoms. The van der Waals surface area contributed by atoms with Gasteiger partial charge < -0.3 is 19.2 Å². The number of carbonyl (C=O) groups excluding carboxylic acids is 1. The molecule has 2 aromatic heterocycles. The van der Waals surface area contributed by atoms with E-state index in [2.05, 4.69) is 28.5 Å². The van der Waals surface area contributed by atoms with Crippen LogP contribution in [0.2, 0.25) is 0 Å². The molecule has 168 valence electrons. The molecular weight excluding hydrogens is 446 g/mol. The van der Waals surface area contributed by atoms with Crippen LogP contribution < -0.4 is 14.8 Å². The second-order valence-electron chi connectivity index (χ2n) is 8.26. The molecule has 3 heterocycles. The van der Waals surface area contributed by atoms with E-state index in [0.717, 1.165) is 34.9 Å². The van der Waals surface area contributed by atoms with E-state index in [4.69, 9.17) is 13.9 Å². The molecule has 2 aliphatic rings. The van der Waals surface area contributed by atoms with E-state index < -0.39 is 0 Å². The molecule has 1 aromatic carbocycles. The van der Waals surface area contributed by atoms with Crippen molar-refractivity contribution < 1.29 is 18.7 Å². The van der Waals surface area contributed by atoms with Crippen molar-refractivity contribution in [1.29, 1.82) is 0 Å². The van der Waals surface area contributed by atoms with Crippen LogP contribution in [0, 0.1) is 5.92 Å². The Morgan fingerprint density at radius 3 is 2.97 bits per heavy atom. The summed E-state index contributed by atoms with van der Waals surface area (Å²) in [6.07, 6.45) is 3.47. The zero-order valence-corrected chi connectivity index (χ0v) is 19.7. The van der Waals surface area contributed by atoms with Crippen molar-refractivity contribution in [2.75, 3.05) is 19.0 Å². The molecule has 1 aliphatic heterocycles. The Kier molecular flexibility index (Phi) is 6.10. The van der Waals surface area contributed by atoms with Gasteiger partial charge in [0.05, 0.1) is 16.7 Å². The molecule has 1 N–H and O–H groups in total. The molecule has 9 heteroatoms. The Balaban J connectivity index is 1.16. The number of fused-ring (bicyclic) bond motifs is 2. The Hall–Kier alpha value is -2.52. The van der Waals surface area contributed by atoms with E-state index in [9.17, 15) is 4.79 Å². The normalized spacial score (nSPS) is 18.1. The number of nitrogens with zero attached hydrogens (tertiary/aromatic N) is 2. The quantitative estimate of drug-likeness (QED) is 0.523. The Morgan fingerprint density at radius 2 is 2.09 bits per heavy atom. The fraction of sp³-hybridized carbons (Fsp3) is 0.435. The van der Waals surface area contributed by atoms with Gasteiger partial charge in [-0.25, -0.2) is 0 Å². The molecule has 2 atom stereocenters. The minimum Gasteiger partial charge on any atom is -0.486 e. The number of hydrogen-bond acceptors (Lipinski definition) is 8. The van der Waals surface area contributed by atoms with Crippen molar-refractivity contribution in [2.45, 2.75) is 44.4 Å². The average molecular weight is 472 g/mol. The molecule has 3 aromatic rings. The highest BCUT2D eigenvalue weighted by Gasteiger charge is 2.21. The van der Waals surface area contributed by atoms with Crippen LogP contribution in [-0.2, 0) is 17.6 Å². The predicted molar refractivity (Wildman–Crippen MR) is 124 cm³/mol. The van der Waals surface area contributed by atoms with Crippen LogP contribution in [0.1, 0.15) is 42.3 Å². The van der Waals surface area contributed by atoms with Gasteiger partial charge in [-0.3, -0.25) is 4.79 Å². The molecule has 1 amide bonds. The molecule has 0 saturated heterocycles. The maximum atomic E-state index is 12.5. The number of nitrogens with one attached hydrogen (secondary N) is 1. The molecular formula is C23H25N3O4S2. The van der Waals surface area contributed by atoms with Crippen LogP contribution in [0.15, 0.2) is 33.9 Å². The summed E-state index contributed by atoms with van der Waals surface area (Å²) in [5, 5.41) is 11.7. The number of carbonyl (C=O) groups is 1. The van der Waals surface area contributed by atoms with Gasteiger partial charge in [-0.05, 0) is 61.4 Å². The molecule has 0 spiro atoms. The molecule has 5 rings (SSSR count). The van der Waals surface area contributed by atoms with Gasteiger partial charge in [-0.2, -0.15) is 0 Å². The summed E-state index contributed by atoms with van der Waals surface area (Å²) in [5.41, 5.74) is 2.37. The number of amides is 1. The Bertz CT molecular complexity index is 1130. The second kappa shape index (κ2) is 9.15. The van der Waals surface area contributed by atoms with Crippen LogP contribution in [0.25, 0.3) is 10.8 Å². The number of benzene rings is 1. The van der Waals surface area contributed by atoms with Gasteiger partial charge in [0.15, 0.2) is 11.5 Å². The molecule has 0 saturated carbocycles. The SMILES string of the molecule is C[C@@H]1CCc2sc(-c3nnc(SCC(=O)N[C@H](C)c4ccc5c(c4)OCCO5)o3)cc2C1. The number of hydrogen-bond donors (Lipinski definition) is 1. The molecule has 7 nitrogen and oxygen atoms in total. The maximum absolute atomic E-state index is 12.5. The van der Waals surface area contributed by atoms with E-state index >= 15 is 0 Å². The Labute approximate surface area is 194 Å². The van der Waals surface area contributed by atoms with Gasteiger partial charge in [-0.1, -0.05) is 24.8 Å². The summed E-state index contributed by atoms with van der Waals surface area (Å²) in [5.74, 6) is 2.81. The van der Waals surface area contributed by atoms with Gasteiger partial charge in [0.2, 0.25) is 5.91 Å². The van der Waals surface area contributed by atoms with Crippen LogP contribution >= 0.6 is 23.1 Å². The van der Waals surface area contributed by atoms with Crippen molar-refractivity contribution in [2.24, 2.45) is 5.92 Å². The summed E-state index contributed by atoms with van der Waals surface area (Å²) in [7, 11) is 0. The lowest BCUT2D eigenvalue weighted by atomic mass is 9.90. The molecule has 0 unspecified atom stereocenters. The van der Waals surface area contributed by atoms with Crippen molar-refractivity contribution >= 4 is 29.0 Å². The first kappa shape index (κ1) is 21.3. The summed E-state index contributed by atoms with van der Waals surface area (Å²) >= 11 is 2.99. The zero-order valence-electron chi connectivity index (χ0n) is 18.1. The van der Waals surface area contributed by atoms with Crippen molar-refractivity contribution in [1.82, 2.24) is 15.5 Å². The van der Waals surface area contributed by atoms with E-state index in [-0.39, 0.29) is 17.7 Å². The summed E-state index contributed by atoms with van der Waals surface area (Å²) < 4.78 is 17.0. The molecule has 0 bridgehead atoms. The van der Waals surface area contributed by atoms with E-state index in [1.54, 1.807) is 11.3 Å². The van der Waals surface area contributed by atoms with Gasteiger partial charge in [0, 0.05) is 4.88 Å². The largest absolute Gasteiger partial charge is 0.486 e. The fourth-order valence-corrected chi connectivity index (χ4v) is 5.71. The Morgan fingerprint density at radius 1 is 1.25 bits per heavy atom. The van der Waals surface area contributed by atoms with Gasteiger partial charge in [0.25, 0.3) is 11.1 Å². The predicted octanol–water partition coefficient (Wildman–Crippen LogP) is 4.66. The highest BCUT2D eigenvalue weighted by molar-refractivity contribution is 7.99. The highest BCUT2D eigenvalue weighted by Crippen LogP contribution is 2.37. The number of rotatable bonds is 6. The number of aryl methyl sites for hydroxylation is 1. The van der Waals surface area contributed by atoms with Crippen LogP contribution in [0.5, 0.6) is 11.5 Å².